The van der Waals surface area contributed by atoms with Crippen LogP contribution in [0.4, 0.5) is 0 Å². The van der Waals surface area contributed by atoms with E-state index in [9.17, 15) is 4.79 Å². The highest BCUT2D eigenvalue weighted by Gasteiger charge is 2.21. The molecule has 4 rings (SSSR count). The van der Waals surface area contributed by atoms with E-state index in [0.717, 1.165) is 34.4 Å². The smallest absolute Gasteiger partial charge is 0.260 e. The average molecular weight is 412 g/mol. The van der Waals surface area contributed by atoms with Crippen molar-refractivity contribution in [1.29, 1.82) is 0 Å². The molecule has 152 valence electrons. The molecule has 29 heavy (non-hydrogen) atoms. The van der Waals surface area contributed by atoms with Crippen LogP contribution in [0.5, 0.6) is 11.6 Å². The SMILES string of the molecule is COc1ccccc1CN(C)C(=O)COc1ncnc2sc3c(c12)CCCCC3. The number of thiophene rings is 1. The maximum absolute atomic E-state index is 12.7. The number of amides is 1. The maximum atomic E-state index is 12.7. The molecule has 0 spiro atoms. The summed E-state index contributed by atoms with van der Waals surface area (Å²) in [6, 6.07) is 7.70. The third kappa shape index (κ3) is 4.19. The lowest BCUT2D eigenvalue weighted by Crippen LogP contribution is -2.31. The van der Waals surface area contributed by atoms with Crippen molar-refractivity contribution in [2.45, 2.75) is 38.6 Å². The number of methoxy groups -OCH3 is 1. The lowest BCUT2D eigenvalue weighted by molar-refractivity contribution is -0.132. The minimum absolute atomic E-state index is 0.0532. The summed E-state index contributed by atoms with van der Waals surface area (Å²) >= 11 is 1.73. The second-order valence-corrected chi connectivity index (χ2v) is 8.36. The van der Waals surface area contributed by atoms with Gasteiger partial charge in [-0.3, -0.25) is 4.79 Å². The van der Waals surface area contributed by atoms with Crippen molar-refractivity contribution in [2.24, 2.45) is 0 Å². The number of carbonyl (C=O) groups is 1. The third-order valence-corrected chi connectivity index (χ3v) is 6.52. The highest BCUT2D eigenvalue weighted by molar-refractivity contribution is 7.18. The van der Waals surface area contributed by atoms with Crippen molar-refractivity contribution in [1.82, 2.24) is 14.9 Å². The standard InChI is InChI=1S/C22H25N3O3S/c1-25(12-15-8-6-7-10-17(15)27-2)19(26)13-28-21-20-16-9-4-3-5-11-18(16)29-22(20)24-14-23-21/h6-8,10,14H,3-5,9,11-13H2,1-2H3. The van der Waals surface area contributed by atoms with Crippen LogP contribution < -0.4 is 9.47 Å². The molecule has 1 amide bonds. The number of carbonyl (C=O) groups excluding carboxylic acids is 1. The van der Waals surface area contributed by atoms with Gasteiger partial charge in [0, 0.05) is 24.0 Å². The summed E-state index contributed by atoms with van der Waals surface area (Å²) < 4.78 is 11.3. The Labute approximate surface area is 174 Å². The monoisotopic (exact) mass is 411 g/mol. The summed E-state index contributed by atoms with van der Waals surface area (Å²) in [6.07, 6.45) is 7.29. The van der Waals surface area contributed by atoms with Crippen LogP contribution in [0.2, 0.25) is 0 Å². The predicted octanol–water partition coefficient (Wildman–Crippen LogP) is 4.01. The van der Waals surface area contributed by atoms with Crippen LogP contribution in [0.25, 0.3) is 10.2 Å². The van der Waals surface area contributed by atoms with Gasteiger partial charge in [0.1, 0.15) is 16.9 Å². The van der Waals surface area contributed by atoms with E-state index in [1.165, 1.54) is 36.0 Å². The van der Waals surface area contributed by atoms with E-state index in [4.69, 9.17) is 9.47 Å². The lowest BCUT2D eigenvalue weighted by atomic mass is 10.1. The van der Waals surface area contributed by atoms with Gasteiger partial charge in [0.15, 0.2) is 6.61 Å². The molecule has 2 heterocycles. The number of aryl methyl sites for hydroxylation is 2. The molecule has 3 aromatic rings. The van der Waals surface area contributed by atoms with Crippen LogP contribution in [-0.2, 0) is 24.2 Å². The first kappa shape index (κ1) is 19.6. The van der Waals surface area contributed by atoms with E-state index in [0.29, 0.717) is 12.4 Å². The number of hydrogen-bond acceptors (Lipinski definition) is 6. The van der Waals surface area contributed by atoms with Crippen molar-refractivity contribution >= 4 is 27.5 Å². The summed E-state index contributed by atoms with van der Waals surface area (Å²) in [4.78, 5) is 25.4. The van der Waals surface area contributed by atoms with E-state index in [-0.39, 0.29) is 12.5 Å². The Hall–Kier alpha value is -2.67. The molecule has 0 radical (unpaired) electrons. The number of aromatic nitrogens is 2. The minimum atomic E-state index is -0.107. The van der Waals surface area contributed by atoms with Gasteiger partial charge in [-0.15, -0.1) is 11.3 Å². The Morgan fingerprint density at radius 1 is 1.17 bits per heavy atom. The molecule has 0 N–H and O–H groups in total. The number of para-hydroxylation sites is 1. The number of fused-ring (bicyclic) bond motifs is 3. The van der Waals surface area contributed by atoms with Gasteiger partial charge in [0.25, 0.3) is 5.91 Å². The van der Waals surface area contributed by atoms with E-state index in [2.05, 4.69) is 9.97 Å². The molecule has 6 nitrogen and oxygen atoms in total. The molecular weight excluding hydrogens is 386 g/mol. The topological polar surface area (TPSA) is 64.5 Å². The van der Waals surface area contributed by atoms with Gasteiger partial charge in [0.2, 0.25) is 5.88 Å². The van der Waals surface area contributed by atoms with E-state index >= 15 is 0 Å². The van der Waals surface area contributed by atoms with E-state index in [1.54, 1.807) is 30.4 Å². The zero-order valence-corrected chi connectivity index (χ0v) is 17.6. The van der Waals surface area contributed by atoms with Gasteiger partial charge >= 0.3 is 0 Å². The molecule has 0 unspecified atom stereocenters. The fourth-order valence-corrected chi connectivity index (χ4v) is 4.98. The molecular formula is C22H25N3O3S. The molecule has 1 aliphatic carbocycles. The average Bonchev–Trinajstić information content (AvgIpc) is 2.94. The minimum Gasteiger partial charge on any atom is -0.496 e. The number of rotatable bonds is 6. The first-order valence-electron chi connectivity index (χ1n) is 9.91. The summed E-state index contributed by atoms with van der Waals surface area (Å²) in [5.41, 5.74) is 2.27. The molecule has 0 bridgehead atoms. The summed E-state index contributed by atoms with van der Waals surface area (Å²) in [6.45, 7) is 0.404. The Morgan fingerprint density at radius 3 is 2.86 bits per heavy atom. The molecule has 0 fully saturated rings. The van der Waals surface area contributed by atoms with Crippen molar-refractivity contribution in [2.75, 3.05) is 20.8 Å². The maximum Gasteiger partial charge on any atom is 0.260 e. The zero-order chi connectivity index (χ0) is 20.2. The number of benzene rings is 1. The second kappa shape index (κ2) is 8.78. The number of ether oxygens (including phenoxy) is 2. The summed E-state index contributed by atoms with van der Waals surface area (Å²) in [5.74, 6) is 1.18. The largest absolute Gasteiger partial charge is 0.496 e. The normalized spacial score (nSPS) is 13.6. The Morgan fingerprint density at radius 2 is 2.00 bits per heavy atom. The van der Waals surface area contributed by atoms with Crippen molar-refractivity contribution < 1.29 is 14.3 Å². The predicted molar refractivity (Wildman–Crippen MR) is 114 cm³/mol. The van der Waals surface area contributed by atoms with Crippen molar-refractivity contribution in [3.05, 3.63) is 46.6 Å². The molecule has 0 aliphatic heterocycles. The number of likely N-dealkylation sites (N-methyl/N-ethyl adjacent to an activating group) is 1. The lowest BCUT2D eigenvalue weighted by Gasteiger charge is -2.19. The third-order valence-electron chi connectivity index (χ3n) is 5.32. The molecule has 1 aromatic carbocycles. The van der Waals surface area contributed by atoms with Crippen LogP contribution in [0.3, 0.4) is 0 Å². The van der Waals surface area contributed by atoms with Gasteiger partial charge in [-0.25, -0.2) is 9.97 Å². The fourth-order valence-electron chi connectivity index (χ4n) is 3.77. The van der Waals surface area contributed by atoms with Gasteiger partial charge in [-0.05, 0) is 37.3 Å². The van der Waals surface area contributed by atoms with Crippen LogP contribution in [0, 0.1) is 0 Å². The van der Waals surface area contributed by atoms with E-state index < -0.39 is 0 Å². The summed E-state index contributed by atoms with van der Waals surface area (Å²) in [7, 11) is 3.40. The van der Waals surface area contributed by atoms with Gasteiger partial charge in [0.05, 0.1) is 12.5 Å². The Kier molecular flexibility index (Phi) is 5.94. The number of hydrogen-bond donors (Lipinski definition) is 0. The molecule has 0 saturated carbocycles. The quantitative estimate of drug-likeness (QED) is 0.574. The zero-order valence-electron chi connectivity index (χ0n) is 16.8. The van der Waals surface area contributed by atoms with Crippen LogP contribution in [0.1, 0.15) is 35.3 Å². The fraction of sp³-hybridized carbons (Fsp3) is 0.409. The van der Waals surface area contributed by atoms with Gasteiger partial charge in [-0.2, -0.15) is 0 Å². The van der Waals surface area contributed by atoms with Crippen LogP contribution >= 0.6 is 11.3 Å². The van der Waals surface area contributed by atoms with Crippen molar-refractivity contribution in [3.63, 3.8) is 0 Å². The summed E-state index contributed by atoms with van der Waals surface area (Å²) in [5, 5.41) is 0.995. The number of nitrogens with zero attached hydrogens (tertiary/aromatic N) is 3. The Bertz CT molecular complexity index is 1020. The van der Waals surface area contributed by atoms with E-state index in [1.807, 2.05) is 24.3 Å². The second-order valence-electron chi connectivity index (χ2n) is 7.27. The Balaban J connectivity index is 1.48. The molecule has 2 aromatic heterocycles. The first-order chi connectivity index (χ1) is 14.2. The van der Waals surface area contributed by atoms with Gasteiger partial charge in [-0.1, -0.05) is 24.6 Å². The van der Waals surface area contributed by atoms with Crippen LogP contribution in [0.15, 0.2) is 30.6 Å². The van der Waals surface area contributed by atoms with Crippen LogP contribution in [-0.4, -0.2) is 41.5 Å². The molecule has 1 aliphatic rings. The highest BCUT2D eigenvalue weighted by atomic mass is 32.1. The highest BCUT2D eigenvalue weighted by Crippen LogP contribution is 2.38. The van der Waals surface area contributed by atoms with Crippen molar-refractivity contribution in [3.8, 4) is 11.6 Å². The molecule has 7 heteroatoms. The molecule has 0 atom stereocenters. The van der Waals surface area contributed by atoms with Gasteiger partial charge < -0.3 is 14.4 Å². The molecule has 0 saturated heterocycles. The first-order valence-corrected chi connectivity index (χ1v) is 10.7.